The second-order valence-corrected chi connectivity index (χ2v) is 4.79. The Bertz CT molecular complexity index is 366. The number of anilines is 2. The summed E-state index contributed by atoms with van der Waals surface area (Å²) in [5.41, 5.74) is 7.61. The zero-order chi connectivity index (χ0) is 13.5. The summed E-state index contributed by atoms with van der Waals surface area (Å²) in [6.45, 7) is 5.85. The molecule has 0 aliphatic rings. The predicted octanol–water partition coefficient (Wildman–Crippen LogP) is 2.42. The molecule has 0 heterocycles. The summed E-state index contributed by atoms with van der Waals surface area (Å²) in [7, 11) is 4.15. The van der Waals surface area contributed by atoms with Gasteiger partial charge in [-0.3, -0.25) is 0 Å². The Morgan fingerprint density at radius 2 is 2.11 bits per heavy atom. The van der Waals surface area contributed by atoms with Crippen LogP contribution in [0.15, 0.2) is 18.2 Å². The monoisotopic (exact) mass is 251 g/mol. The van der Waals surface area contributed by atoms with E-state index in [1.165, 1.54) is 0 Å². The highest BCUT2D eigenvalue weighted by molar-refractivity contribution is 5.61. The number of hydrogen-bond donors (Lipinski definition) is 2. The van der Waals surface area contributed by atoms with Gasteiger partial charge in [-0.15, -0.1) is 0 Å². The highest BCUT2D eigenvalue weighted by Crippen LogP contribution is 2.25. The maximum Gasteiger partial charge on any atom is 0.144 e. The molecular weight excluding hydrogens is 226 g/mol. The van der Waals surface area contributed by atoms with Crippen molar-refractivity contribution in [3.05, 3.63) is 18.2 Å². The predicted molar refractivity (Wildman–Crippen MR) is 78.3 cm³/mol. The Morgan fingerprint density at radius 3 is 2.72 bits per heavy atom. The summed E-state index contributed by atoms with van der Waals surface area (Å²) in [4.78, 5) is 2.18. The van der Waals surface area contributed by atoms with Gasteiger partial charge in [0.1, 0.15) is 5.75 Å². The maximum atomic E-state index is 5.87. The number of nitrogens with one attached hydrogen (secondary N) is 1. The molecule has 1 aromatic carbocycles. The maximum absolute atomic E-state index is 5.87. The van der Waals surface area contributed by atoms with E-state index < -0.39 is 0 Å². The van der Waals surface area contributed by atoms with Crippen molar-refractivity contribution in [3.8, 4) is 5.75 Å². The van der Waals surface area contributed by atoms with Crippen molar-refractivity contribution in [2.45, 2.75) is 26.3 Å². The van der Waals surface area contributed by atoms with Crippen LogP contribution in [0.3, 0.4) is 0 Å². The van der Waals surface area contributed by atoms with Gasteiger partial charge in [-0.1, -0.05) is 6.92 Å². The third-order valence-electron chi connectivity index (χ3n) is 2.96. The van der Waals surface area contributed by atoms with Crippen molar-refractivity contribution in [1.82, 2.24) is 4.90 Å². The minimum atomic E-state index is 0.475. The topological polar surface area (TPSA) is 50.5 Å². The zero-order valence-corrected chi connectivity index (χ0v) is 11.9. The van der Waals surface area contributed by atoms with Crippen molar-refractivity contribution in [2.75, 3.05) is 38.3 Å². The molecule has 102 valence electrons. The molecule has 0 saturated carbocycles. The molecule has 0 radical (unpaired) electrons. The zero-order valence-electron chi connectivity index (χ0n) is 11.9. The van der Waals surface area contributed by atoms with Crippen molar-refractivity contribution >= 4 is 11.4 Å². The fraction of sp³-hybridized carbons (Fsp3) is 0.571. The van der Waals surface area contributed by atoms with E-state index >= 15 is 0 Å². The van der Waals surface area contributed by atoms with E-state index in [9.17, 15) is 0 Å². The standard InChI is InChI=1S/C14H25N3O/c1-5-8-18-14-9-12(6-7-13(14)15)16-10-11(2)17(3)4/h6-7,9,11,16H,5,8,10,15H2,1-4H3. The lowest BCUT2D eigenvalue weighted by molar-refractivity contribution is 0.319. The van der Waals surface area contributed by atoms with Gasteiger partial charge in [0.2, 0.25) is 0 Å². The Balaban J connectivity index is 2.61. The third kappa shape index (κ3) is 4.45. The van der Waals surface area contributed by atoms with Crippen LogP contribution in [-0.2, 0) is 0 Å². The number of nitrogens with zero attached hydrogens (tertiary/aromatic N) is 1. The van der Waals surface area contributed by atoms with Crippen LogP contribution in [-0.4, -0.2) is 38.2 Å². The van der Waals surface area contributed by atoms with E-state index in [1.54, 1.807) is 0 Å². The summed E-state index contributed by atoms with van der Waals surface area (Å²) >= 11 is 0. The van der Waals surface area contributed by atoms with Gasteiger partial charge in [-0.25, -0.2) is 0 Å². The quantitative estimate of drug-likeness (QED) is 0.731. The number of hydrogen-bond acceptors (Lipinski definition) is 4. The molecule has 1 atom stereocenters. The first-order valence-electron chi connectivity index (χ1n) is 6.47. The summed E-state index contributed by atoms with van der Waals surface area (Å²) in [6, 6.07) is 6.31. The van der Waals surface area contributed by atoms with Crippen LogP contribution < -0.4 is 15.8 Å². The van der Waals surface area contributed by atoms with Crippen LogP contribution >= 0.6 is 0 Å². The van der Waals surface area contributed by atoms with Crippen LogP contribution in [0.4, 0.5) is 11.4 Å². The van der Waals surface area contributed by atoms with E-state index in [-0.39, 0.29) is 0 Å². The molecular formula is C14H25N3O. The average molecular weight is 251 g/mol. The number of ether oxygens (including phenoxy) is 1. The summed E-state index contributed by atoms with van der Waals surface area (Å²) in [5, 5.41) is 3.39. The van der Waals surface area contributed by atoms with Gasteiger partial charge >= 0.3 is 0 Å². The molecule has 0 aromatic heterocycles. The van der Waals surface area contributed by atoms with E-state index in [2.05, 4.69) is 38.2 Å². The third-order valence-corrected chi connectivity index (χ3v) is 2.96. The molecule has 1 unspecified atom stereocenters. The molecule has 0 fully saturated rings. The largest absolute Gasteiger partial charge is 0.491 e. The molecule has 0 spiro atoms. The van der Waals surface area contributed by atoms with Crippen molar-refractivity contribution in [3.63, 3.8) is 0 Å². The van der Waals surface area contributed by atoms with E-state index in [0.717, 1.165) is 24.4 Å². The second kappa shape index (κ2) is 7.11. The molecule has 0 aliphatic heterocycles. The van der Waals surface area contributed by atoms with Crippen LogP contribution in [0.2, 0.25) is 0 Å². The number of rotatable bonds is 7. The highest BCUT2D eigenvalue weighted by atomic mass is 16.5. The Labute approximate surface area is 110 Å². The van der Waals surface area contributed by atoms with Crippen LogP contribution in [0.5, 0.6) is 5.75 Å². The minimum absolute atomic E-state index is 0.475. The van der Waals surface area contributed by atoms with E-state index in [4.69, 9.17) is 10.5 Å². The van der Waals surface area contributed by atoms with Crippen molar-refractivity contribution in [2.24, 2.45) is 0 Å². The van der Waals surface area contributed by atoms with Gasteiger partial charge in [-0.05, 0) is 39.6 Å². The Hall–Kier alpha value is -1.42. The average Bonchev–Trinajstić information content (AvgIpc) is 2.35. The molecule has 18 heavy (non-hydrogen) atoms. The fourth-order valence-corrected chi connectivity index (χ4v) is 1.43. The number of nitrogen functional groups attached to an aromatic ring is 1. The van der Waals surface area contributed by atoms with E-state index in [1.807, 2.05) is 18.2 Å². The van der Waals surface area contributed by atoms with Crippen molar-refractivity contribution < 1.29 is 4.74 Å². The molecule has 3 N–H and O–H groups in total. The Morgan fingerprint density at radius 1 is 1.39 bits per heavy atom. The minimum Gasteiger partial charge on any atom is -0.491 e. The summed E-state index contributed by atoms with van der Waals surface area (Å²) in [5.74, 6) is 0.763. The van der Waals surface area contributed by atoms with Crippen molar-refractivity contribution in [1.29, 1.82) is 0 Å². The molecule has 0 amide bonds. The number of benzene rings is 1. The summed E-state index contributed by atoms with van der Waals surface area (Å²) in [6.07, 6.45) is 0.981. The van der Waals surface area contributed by atoms with Gasteiger partial charge in [0.05, 0.1) is 12.3 Å². The van der Waals surface area contributed by atoms with Gasteiger partial charge in [-0.2, -0.15) is 0 Å². The molecule has 4 heteroatoms. The van der Waals surface area contributed by atoms with Gasteiger partial charge in [0.15, 0.2) is 0 Å². The number of likely N-dealkylation sites (N-methyl/N-ethyl adjacent to an activating group) is 1. The first-order chi connectivity index (χ1) is 8.54. The lowest BCUT2D eigenvalue weighted by Crippen LogP contribution is -2.31. The molecule has 0 bridgehead atoms. The van der Waals surface area contributed by atoms with Gasteiger partial charge in [0, 0.05) is 24.3 Å². The SMILES string of the molecule is CCCOc1cc(NCC(C)N(C)C)ccc1N. The smallest absolute Gasteiger partial charge is 0.144 e. The van der Waals surface area contributed by atoms with E-state index in [0.29, 0.717) is 18.3 Å². The number of nitrogens with two attached hydrogens (primary N) is 1. The normalized spacial score (nSPS) is 12.5. The molecule has 0 saturated heterocycles. The highest BCUT2D eigenvalue weighted by Gasteiger charge is 2.06. The lowest BCUT2D eigenvalue weighted by atomic mass is 10.2. The molecule has 1 aromatic rings. The first kappa shape index (κ1) is 14.6. The fourth-order valence-electron chi connectivity index (χ4n) is 1.43. The second-order valence-electron chi connectivity index (χ2n) is 4.79. The van der Waals surface area contributed by atoms with Crippen LogP contribution in [0.1, 0.15) is 20.3 Å². The van der Waals surface area contributed by atoms with Crippen LogP contribution in [0.25, 0.3) is 0 Å². The lowest BCUT2D eigenvalue weighted by Gasteiger charge is -2.21. The molecule has 0 aliphatic carbocycles. The van der Waals surface area contributed by atoms with Gasteiger partial charge < -0.3 is 20.7 Å². The molecule has 1 rings (SSSR count). The first-order valence-corrected chi connectivity index (χ1v) is 6.47. The molecule has 4 nitrogen and oxygen atoms in total. The van der Waals surface area contributed by atoms with Gasteiger partial charge in [0.25, 0.3) is 0 Å². The summed E-state index contributed by atoms with van der Waals surface area (Å²) < 4.78 is 5.61. The Kier molecular flexibility index (Phi) is 5.78. The van der Waals surface area contributed by atoms with Crippen LogP contribution in [0, 0.1) is 0 Å².